The predicted octanol–water partition coefficient (Wildman–Crippen LogP) is 5.90. The van der Waals surface area contributed by atoms with Crippen LogP contribution in [-0.4, -0.2) is 20.2 Å². The fraction of sp³-hybridized carbons (Fsp3) is 0.321. The van der Waals surface area contributed by atoms with Crippen molar-refractivity contribution in [1.82, 2.24) is 15.1 Å². The Hall–Kier alpha value is -3.51. The van der Waals surface area contributed by atoms with Crippen molar-refractivity contribution in [1.29, 1.82) is 0 Å². The van der Waals surface area contributed by atoms with E-state index in [1.54, 1.807) is 32.3 Å². The summed E-state index contributed by atoms with van der Waals surface area (Å²) in [5.41, 5.74) is 3.08. The quantitative estimate of drug-likeness (QED) is 0.355. The van der Waals surface area contributed by atoms with Crippen LogP contribution in [0, 0.1) is 5.92 Å². The molecule has 4 aromatic rings. The molecule has 0 radical (unpaired) electrons. The number of aliphatic hydroxyl groups is 1. The van der Waals surface area contributed by atoms with E-state index >= 15 is 0 Å². The van der Waals surface area contributed by atoms with E-state index in [0.29, 0.717) is 29.7 Å². The first kappa shape index (κ1) is 23.6. The second-order valence-electron chi connectivity index (χ2n) is 9.56. The fourth-order valence-corrected chi connectivity index (χ4v) is 3.87. The lowest BCUT2D eigenvalue weighted by Crippen LogP contribution is -2.31. The zero-order valence-electron chi connectivity index (χ0n) is 20.3. The number of ether oxygens (including phenoxy) is 1. The Morgan fingerprint density at radius 2 is 1.71 bits per heavy atom. The summed E-state index contributed by atoms with van der Waals surface area (Å²) in [4.78, 5) is 9.06. The number of pyridine rings is 2. The molecule has 0 fully saturated rings. The van der Waals surface area contributed by atoms with Crippen LogP contribution in [0.15, 0.2) is 77.6 Å². The third-order valence-corrected chi connectivity index (χ3v) is 6.44. The van der Waals surface area contributed by atoms with Crippen LogP contribution in [0.5, 0.6) is 5.75 Å². The molecule has 3 heterocycles. The molecule has 1 unspecified atom stereocenters. The summed E-state index contributed by atoms with van der Waals surface area (Å²) in [5.74, 6) is 1.64. The lowest BCUT2D eigenvalue weighted by atomic mass is 9.70. The Balaban J connectivity index is 1.55. The zero-order chi connectivity index (χ0) is 24.3. The first-order valence-corrected chi connectivity index (χ1v) is 11.5. The molecule has 0 saturated carbocycles. The molecule has 0 aliphatic rings. The largest absolute Gasteiger partial charge is 0.486 e. The Morgan fingerprint density at radius 1 is 0.941 bits per heavy atom. The summed E-state index contributed by atoms with van der Waals surface area (Å²) in [5, 5.41) is 14.2. The van der Waals surface area contributed by atoms with E-state index in [-0.39, 0.29) is 5.41 Å². The second-order valence-corrected chi connectivity index (χ2v) is 9.56. The topological polar surface area (TPSA) is 81.3 Å². The highest BCUT2D eigenvalue weighted by Crippen LogP contribution is 2.39. The molecule has 3 aromatic heterocycles. The number of aromatic nitrogens is 3. The van der Waals surface area contributed by atoms with Crippen LogP contribution in [-0.2, 0) is 17.6 Å². The monoisotopic (exact) mass is 457 g/mol. The van der Waals surface area contributed by atoms with Crippen molar-refractivity contribution in [3.05, 3.63) is 95.7 Å². The molecule has 4 rings (SSSR count). The maximum absolute atomic E-state index is 10.2. The molecule has 0 aliphatic heterocycles. The molecule has 176 valence electrons. The third-order valence-electron chi connectivity index (χ3n) is 6.44. The van der Waals surface area contributed by atoms with E-state index in [1.807, 2.05) is 42.5 Å². The number of hydrogen-bond donors (Lipinski definition) is 1. The van der Waals surface area contributed by atoms with Crippen molar-refractivity contribution < 1.29 is 14.4 Å². The SMILES string of the molecule is CC(C)C(C)(c1ccc(-c2cc(C(C)(C)O)no2)cc1)c1ccc(OCc2ccccn2)cn1. The van der Waals surface area contributed by atoms with Gasteiger partial charge in [0, 0.05) is 23.2 Å². The van der Waals surface area contributed by atoms with E-state index in [4.69, 9.17) is 14.2 Å². The highest BCUT2D eigenvalue weighted by Gasteiger charge is 2.34. The van der Waals surface area contributed by atoms with Gasteiger partial charge in [0.1, 0.15) is 23.7 Å². The van der Waals surface area contributed by atoms with Gasteiger partial charge in [-0.05, 0) is 56.5 Å². The average molecular weight is 458 g/mol. The van der Waals surface area contributed by atoms with Crippen LogP contribution in [0.1, 0.15) is 57.3 Å². The number of nitrogens with zero attached hydrogens (tertiary/aromatic N) is 3. The van der Waals surface area contributed by atoms with Gasteiger partial charge in [0.15, 0.2) is 5.76 Å². The molecular formula is C28H31N3O3. The van der Waals surface area contributed by atoms with E-state index in [2.05, 4.69) is 43.0 Å². The maximum atomic E-state index is 10.2. The number of hydrogen-bond acceptors (Lipinski definition) is 6. The smallest absolute Gasteiger partial charge is 0.167 e. The van der Waals surface area contributed by atoms with Crippen molar-refractivity contribution in [2.45, 2.75) is 52.2 Å². The van der Waals surface area contributed by atoms with Crippen molar-refractivity contribution >= 4 is 0 Å². The molecule has 34 heavy (non-hydrogen) atoms. The molecular weight excluding hydrogens is 426 g/mol. The van der Waals surface area contributed by atoms with Crippen LogP contribution in [0.25, 0.3) is 11.3 Å². The van der Waals surface area contributed by atoms with Gasteiger partial charge in [-0.1, -0.05) is 49.3 Å². The Bertz CT molecular complexity index is 1210. The predicted molar refractivity (Wildman–Crippen MR) is 131 cm³/mol. The highest BCUT2D eigenvalue weighted by molar-refractivity contribution is 5.59. The standard InChI is InChI=1S/C28H31N3O3/c1-19(2)28(5,25-14-13-23(17-30-25)33-18-22-8-6-7-15-29-22)21-11-9-20(10-12-21)24-16-26(31-34-24)27(3,4)32/h6-17,19,32H,18H2,1-5H3. The lowest BCUT2D eigenvalue weighted by molar-refractivity contribution is 0.0701. The molecule has 0 bridgehead atoms. The first-order chi connectivity index (χ1) is 16.2. The van der Waals surface area contributed by atoms with Crippen molar-refractivity contribution in [3.63, 3.8) is 0 Å². The summed E-state index contributed by atoms with van der Waals surface area (Å²) in [7, 11) is 0. The van der Waals surface area contributed by atoms with Crippen LogP contribution in [0.2, 0.25) is 0 Å². The van der Waals surface area contributed by atoms with Crippen molar-refractivity contribution in [3.8, 4) is 17.1 Å². The van der Waals surface area contributed by atoms with Crippen molar-refractivity contribution in [2.75, 3.05) is 0 Å². The second kappa shape index (κ2) is 9.39. The van der Waals surface area contributed by atoms with Gasteiger partial charge in [-0.25, -0.2) is 0 Å². The van der Waals surface area contributed by atoms with Gasteiger partial charge in [0.25, 0.3) is 0 Å². The summed E-state index contributed by atoms with van der Waals surface area (Å²) in [6.07, 6.45) is 3.54. The zero-order valence-corrected chi connectivity index (χ0v) is 20.3. The number of benzene rings is 1. The van der Waals surface area contributed by atoms with Gasteiger partial charge in [-0.3, -0.25) is 9.97 Å². The molecule has 6 nitrogen and oxygen atoms in total. The van der Waals surface area contributed by atoms with Gasteiger partial charge < -0.3 is 14.4 Å². The van der Waals surface area contributed by atoms with Crippen LogP contribution in [0.3, 0.4) is 0 Å². The van der Waals surface area contributed by atoms with Gasteiger partial charge in [0.2, 0.25) is 0 Å². The first-order valence-electron chi connectivity index (χ1n) is 11.5. The van der Waals surface area contributed by atoms with Gasteiger partial charge in [-0.2, -0.15) is 0 Å². The van der Waals surface area contributed by atoms with E-state index in [1.165, 1.54) is 0 Å². The molecule has 1 atom stereocenters. The van der Waals surface area contributed by atoms with Crippen LogP contribution >= 0.6 is 0 Å². The average Bonchev–Trinajstić information content (AvgIpc) is 3.34. The van der Waals surface area contributed by atoms with E-state index in [9.17, 15) is 5.11 Å². The van der Waals surface area contributed by atoms with Crippen molar-refractivity contribution in [2.24, 2.45) is 5.92 Å². The third kappa shape index (κ3) is 4.87. The summed E-state index contributed by atoms with van der Waals surface area (Å²) >= 11 is 0. The minimum Gasteiger partial charge on any atom is -0.486 e. The summed E-state index contributed by atoms with van der Waals surface area (Å²) < 4.78 is 11.3. The molecule has 0 amide bonds. The molecule has 1 N–H and O–H groups in total. The summed E-state index contributed by atoms with van der Waals surface area (Å²) in [6, 6.07) is 19.8. The molecule has 0 saturated heterocycles. The number of rotatable bonds is 8. The van der Waals surface area contributed by atoms with Gasteiger partial charge >= 0.3 is 0 Å². The lowest BCUT2D eigenvalue weighted by Gasteiger charge is -2.34. The molecule has 6 heteroatoms. The van der Waals surface area contributed by atoms with Gasteiger partial charge in [-0.15, -0.1) is 0 Å². The highest BCUT2D eigenvalue weighted by atomic mass is 16.5. The summed E-state index contributed by atoms with van der Waals surface area (Å²) in [6.45, 7) is 10.4. The Morgan fingerprint density at radius 3 is 2.26 bits per heavy atom. The molecule has 0 spiro atoms. The minimum atomic E-state index is -1.04. The van der Waals surface area contributed by atoms with E-state index < -0.39 is 5.60 Å². The van der Waals surface area contributed by atoms with E-state index in [0.717, 1.165) is 22.5 Å². The maximum Gasteiger partial charge on any atom is 0.167 e. The molecule has 1 aromatic carbocycles. The van der Waals surface area contributed by atoms with Crippen LogP contribution in [0.4, 0.5) is 0 Å². The Labute approximate surface area is 200 Å². The Kier molecular flexibility index (Phi) is 6.53. The van der Waals surface area contributed by atoms with Crippen LogP contribution < -0.4 is 4.74 Å². The van der Waals surface area contributed by atoms with Gasteiger partial charge in [0.05, 0.1) is 17.6 Å². The fourth-order valence-electron chi connectivity index (χ4n) is 3.87. The molecule has 0 aliphatic carbocycles. The minimum absolute atomic E-state index is 0.294. The normalized spacial score (nSPS) is 13.6.